The van der Waals surface area contributed by atoms with Crippen LogP contribution in [0.25, 0.3) is 0 Å². The molecule has 1 aromatic heterocycles. The third-order valence-corrected chi connectivity index (χ3v) is 6.91. The Morgan fingerprint density at radius 2 is 1.68 bits per heavy atom. The van der Waals surface area contributed by atoms with Gasteiger partial charge < -0.3 is 15.1 Å². The second-order valence-electron chi connectivity index (χ2n) is 8.81. The van der Waals surface area contributed by atoms with Crippen LogP contribution >= 0.6 is 0 Å². The minimum Gasteiger partial charge on any atom is -0.371 e. The third-order valence-electron chi connectivity index (χ3n) is 6.91. The van der Waals surface area contributed by atoms with Gasteiger partial charge >= 0.3 is 0 Å². The van der Waals surface area contributed by atoms with E-state index in [2.05, 4.69) is 57.0 Å². The van der Waals surface area contributed by atoms with Crippen molar-refractivity contribution < 1.29 is 4.79 Å². The Morgan fingerprint density at radius 1 is 0.968 bits per heavy atom. The van der Waals surface area contributed by atoms with Crippen molar-refractivity contribution in [1.29, 1.82) is 0 Å². The highest BCUT2D eigenvalue weighted by Gasteiger charge is 2.25. The van der Waals surface area contributed by atoms with Gasteiger partial charge in [0.05, 0.1) is 0 Å². The van der Waals surface area contributed by atoms with Crippen molar-refractivity contribution in [3.05, 3.63) is 53.9 Å². The SMILES string of the molecule is Cc1cccc(N2CCN(CCNC(=O)C3CCN(c4ccncc4)CC3)CC2)c1C. The van der Waals surface area contributed by atoms with E-state index in [4.69, 9.17) is 0 Å². The lowest BCUT2D eigenvalue weighted by Crippen LogP contribution is -2.49. The van der Waals surface area contributed by atoms with E-state index in [9.17, 15) is 4.79 Å². The first kappa shape index (κ1) is 21.6. The predicted octanol–water partition coefficient (Wildman–Crippen LogP) is 2.85. The number of aromatic nitrogens is 1. The summed E-state index contributed by atoms with van der Waals surface area (Å²) in [5.41, 5.74) is 5.31. The summed E-state index contributed by atoms with van der Waals surface area (Å²) in [5.74, 6) is 0.364. The van der Waals surface area contributed by atoms with Crippen LogP contribution in [0.2, 0.25) is 0 Å². The molecule has 1 N–H and O–H groups in total. The average molecular weight is 422 g/mol. The summed E-state index contributed by atoms with van der Waals surface area (Å²) in [4.78, 5) is 24.0. The van der Waals surface area contributed by atoms with Crippen molar-refractivity contribution in [1.82, 2.24) is 15.2 Å². The molecule has 166 valence electrons. The van der Waals surface area contributed by atoms with E-state index in [1.165, 1.54) is 22.5 Å². The number of nitrogens with one attached hydrogen (secondary N) is 1. The maximum absolute atomic E-state index is 12.6. The molecule has 31 heavy (non-hydrogen) atoms. The molecule has 3 heterocycles. The van der Waals surface area contributed by atoms with Gasteiger partial charge in [0.1, 0.15) is 0 Å². The lowest BCUT2D eigenvalue weighted by molar-refractivity contribution is -0.125. The van der Waals surface area contributed by atoms with Gasteiger partial charge in [0.15, 0.2) is 0 Å². The van der Waals surface area contributed by atoms with E-state index < -0.39 is 0 Å². The van der Waals surface area contributed by atoms with Crippen LogP contribution < -0.4 is 15.1 Å². The van der Waals surface area contributed by atoms with Gasteiger partial charge in [-0.15, -0.1) is 0 Å². The molecule has 0 atom stereocenters. The Kier molecular flexibility index (Phi) is 7.07. The van der Waals surface area contributed by atoms with Crippen molar-refractivity contribution in [2.75, 3.05) is 62.2 Å². The zero-order valence-corrected chi connectivity index (χ0v) is 18.9. The highest BCUT2D eigenvalue weighted by molar-refractivity contribution is 5.79. The Labute approximate surface area is 186 Å². The van der Waals surface area contributed by atoms with Crippen molar-refractivity contribution >= 4 is 17.3 Å². The lowest BCUT2D eigenvalue weighted by atomic mass is 9.95. The van der Waals surface area contributed by atoms with Crippen molar-refractivity contribution in [3.63, 3.8) is 0 Å². The molecule has 2 aliphatic rings. The number of anilines is 2. The molecule has 2 aromatic rings. The van der Waals surface area contributed by atoms with Crippen LogP contribution in [0.4, 0.5) is 11.4 Å². The molecule has 0 bridgehead atoms. The molecule has 1 aromatic carbocycles. The second-order valence-corrected chi connectivity index (χ2v) is 8.81. The molecule has 2 saturated heterocycles. The molecular weight excluding hydrogens is 386 g/mol. The number of piperidine rings is 1. The summed E-state index contributed by atoms with van der Waals surface area (Å²) in [6, 6.07) is 10.7. The van der Waals surface area contributed by atoms with Gasteiger partial charge in [0, 0.05) is 82.0 Å². The third kappa shape index (κ3) is 5.37. The van der Waals surface area contributed by atoms with Gasteiger partial charge in [-0.3, -0.25) is 14.7 Å². The second kappa shape index (κ2) is 10.1. The average Bonchev–Trinajstić information content (AvgIpc) is 2.82. The highest BCUT2D eigenvalue weighted by Crippen LogP contribution is 2.24. The maximum Gasteiger partial charge on any atom is 0.223 e. The van der Waals surface area contributed by atoms with Crippen LogP contribution in [0.5, 0.6) is 0 Å². The van der Waals surface area contributed by atoms with Gasteiger partial charge in [-0.1, -0.05) is 12.1 Å². The highest BCUT2D eigenvalue weighted by atomic mass is 16.1. The number of benzene rings is 1. The summed E-state index contributed by atoms with van der Waals surface area (Å²) in [6.07, 6.45) is 5.50. The summed E-state index contributed by atoms with van der Waals surface area (Å²) in [6.45, 7) is 12.1. The van der Waals surface area contributed by atoms with E-state index in [1.807, 2.05) is 24.5 Å². The quantitative estimate of drug-likeness (QED) is 0.777. The molecule has 6 nitrogen and oxygen atoms in total. The number of piperazine rings is 1. The van der Waals surface area contributed by atoms with Gasteiger partial charge in [0.2, 0.25) is 5.91 Å². The van der Waals surface area contributed by atoms with Crippen LogP contribution in [-0.2, 0) is 4.79 Å². The van der Waals surface area contributed by atoms with E-state index in [0.29, 0.717) is 0 Å². The van der Waals surface area contributed by atoms with Gasteiger partial charge in [0.25, 0.3) is 0 Å². The first-order chi connectivity index (χ1) is 15.1. The molecule has 0 radical (unpaired) electrons. The number of aryl methyl sites for hydroxylation is 1. The Hall–Kier alpha value is -2.60. The number of rotatable bonds is 6. The van der Waals surface area contributed by atoms with Crippen LogP contribution in [0, 0.1) is 19.8 Å². The summed E-state index contributed by atoms with van der Waals surface area (Å²) in [7, 11) is 0. The van der Waals surface area contributed by atoms with Crippen LogP contribution in [-0.4, -0.2) is 68.1 Å². The summed E-state index contributed by atoms with van der Waals surface area (Å²) >= 11 is 0. The lowest BCUT2D eigenvalue weighted by Gasteiger charge is -2.37. The van der Waals surface area contributed by atoms with Crippen molar-refractivity contribution in [2.45, 2.75) is 26.7 Å². The predicted molar refractivity (Wildman–Crippen MR) is 127 cm³/mol. The number of nitrogens with zero attached hydrogens (tertiary/aromatic N) is 4. The van der Waals surface area contributed by atoms with Crippen LogP contribution in [0.1, 0.15) is 24.0 Å². The molecule has 6 heteroatoms. The van der Waals surface area contributed by atoms with Crippen molar-refractivity contribution in [2.24, 2.45) is 5.92 Å². The minimum absolute atomic E-state index is 0.138. The molecule has 0 aliphatic carbocycles. The van der Waals surface area contributed by atoms with Crippen molar-refractivity contribution in [3.8, 4) is 0 Å². The van der Waals surface area contributed by atoms with E-state index in [1.54, 1.807) is 0 Å². The first-order valence-corrected chi connectivity index (χ1v) is 11.6. The number of carbonyl (C=O) groups is 1. The summed E-state index contributed by atoms with van der Waals surface area (Å²) in [5, 5.41) is 3.19. The first-order valence-electron chi connectivity index (χ1n) is 11.6. The fraction of sp³-hybridized carbons (Fsp3) is 0.520. The monoisotopic (exact) mass is 421 g/mol. The fourth-order valence-corrected chi connectivity index (χ4v) is 4.73. The van der Waals surface area contributed by atoms with E-state index in [0.717, 1.165) is 65.2 Å². The Bertz CT molecular complexity index is 855. The van der Waals surface area contributed by atoms with Gasteiger partial charge in [-0.25, -0.2) is 0 Å². The molecule has 2 aliphatic heterocycles. The largest absolute Gasteiger partial charge is 0.371 e. The van der Waals surface area contributed by atoms with Gasteiger partial charge in [-0.2, -0.15) is 0 Å². The molecular formula is C25H35N5O. The molecule has 2 fully saturated rings. The minimum atomic E-state index is 0.138. The molecule has 0 saturated carbocycles. The zero-order valence-electron chi connectivity index (χ0n) is 18.9. The molecule has 4 rings (SSSR count). The Balaban J connectivity index is 1.15. The number of pyridine rings is 1. The number of hydrogen-bond acceptors (Lipinski definition) is 5. The number of amides is 1. The molecule has 0 spiro atoms. The molecule has 0 unspecified atom stereocenters. The van der Waals surface area contributed by atoms with Gasteiger partial charge in [-0.05, 0) is 56.0 Å². The Morgan fingerprint density at radius 3 is 2.39 bits per heavy atom. The standard InChI is InChI=1S/C25H35N5O/c1-20-4-3-5-24(21(20)2)30-18-16-28(17-19-30)15-12-27-25(31)22-8-13-29(14-9-22)23-6-10-26-11-7-23/h3-7,10-11,22H,8-9,12-19H2,1-2H3,(H,27,31). The topological polar surface area (TPSA) is 51.7 Å². The number of carbonyl (C=O) groups excluding carboxylic acids is 1. The van der Waals surface area contributed by atoms with E-state index >= 15 is 0 Å². The fourth-order valence-electron chi connectivity index (χ4n) is 4.73. The number of hydrogen-bond donors (Lipinski definition) is 1. The normalized spacial score (nSPS) is 18.3. The zero-order chi connectivity index (χ0) is 21.6. The summed E-state index contributed by atoms with van der Waals surface area (Å²) < 4.78 is 0. The van der Waals surface area contributed by atoms with Crippen LogP contribution in [0.15, 0.2) is 42.7 Å². The maximum atomic E-state index is 12.6. The molecule has 1 amide bonds. The van der Waals surface area contributed by atoms with E-state index in [-0.39, 0.29) is 11.8 Å². The van der Waals surface area contributed by atoms with Crippen LogP contribution in [0.3, 0.4) is 0 Å². The smallest absolute Gasteiger partial charge is 0.223 e.